The second-order valence-electron chi connectivity index (χ2n) is 6.99. The number of rotatable bonds is 11. The van der Waals surface area contributed by atoms with Crippen molar-refractivity contribution in [1.82, 2.24) is 25.1 Å². The third-order valence-corrected chi connectivity index (χ3v) is 5.15. The zero-order valence-corrected chi connectivity index (χ0v) is 18.7. The molecule has 31 heavy (non-hydrogen) atoms. The topological polar surface area (TPSA) is 94.0 Å². The highest BCUT2D eigenvalue weighted by Crippen LogP contribution is 2.26. The maximum absolute atomic E-state index is 13.8. The highest BCUT2D eigenvalue weighted by molar-refractivity contribution is 7.99. The summed E-state index contributed by atoms with van der Waals surface area (Å²) < 4.78 is 20.9. The molecule has 166 valence electrons. The first-order valence-corrected chi connectivity index (χ1v) is 11.1. The van der Waals surface area contributed by atoms with Crippen LogP contribution in [-0.2, 0) is 11.3 Å². The number of aromatic nitrogens is 4. The minimum absolute atomic E-state index is 0.0200. The number of hydrogen-bond donors (Lipinski definition) is 2. The van der Waals surface area contributed by atoms with Crippen LogP contribution in [0, 0.1) is 5.82 Å². The van der Waals surface area contributed by atoms with Gasteiger partial charge in [0.2, 0.25) is 0 Å². The third kappa shape index (κ3) is 6.14. The normalized spacial score (nSPS) is 11.3. The molecule has 0 bridgehead atoms. The van der Waals surface area contributed by atoms with Gasteiger partial charge in [-0.1, -0.05) is 37.7 Å². The summed E-state index contributed by atoms with van der Waals surface area (Å²) >= 11 is 1.56. The molecule has 2 aromatic heterocycles. The van der Waals surface area contributed by atoms with E-state index in [-0.39, 0.29) is 12.1 Å². The second kappa shape index (κ2) is 11.1. The molecule has 0 fully saturated rings. The van der Waals surface area contributed by atoms with Gasteiger partial charge in [-0.25, -0.2) is 19.0 Å². The van der Waals surface area contributed by atoms with Crippen molar-refractivity contribution in [2.45, 2.75) is 37.7 Å². The summed E-state index contributed by atoms with van der Waals surface area (Å²) in [4.78, 5) is 21.5. The zero-order valence-electron chi connectivity index (χ0n) is 17.9. The summed E-state index contributed by atoms with van der Waals surface area (Å²) in [5.74, 6) is -0.302. The fraction of sp³-hybridized carbons (Fsp3) is 0.429. The van der Waals surface area contributed by atoms with Gasteiger partial charge in [-0.15, -0.1) is 0 Å². The van der Waals surface area contributed by atoms with E-state index in [0.29, 0.717) is 48.2 Å². The zero-order chi connectivity index (χ0) is 22.2. The molecular weight excluding hydrogens is 419 g/mol. The summed E-state index contributed by atoms with van der Waals surface area (Å²) in [5.41, 5.74) is 0.698. The standard InChI is InChI=1S/C21H27FN6O2S/c1-4-30-12-10-23-18-16-13-25-28(19(16)27-21(26-18)31-14(2)3)11-9-24-20(29)15-7-5-6-8-17(15)22/h5-8,13-14H,4,9-12H2,1-3H3,(H,24,29)(H,23,26,27). The van der Waals surface area contributed by atoms with Crippen LogP contribution in [0.2, 0.25) is 0 Å². The van der Waals surface area contributed by atoms with E-state index in [2.05, 4.69) is 39.5 Å². The van der Waals surface area contributed by atoms with Crippen molar-refractivity contribution < 1.29 is 13.9 Å². The predicted octanol–water partition coefficient (Wildman–Crippen LogP) is 3.34. The van der Waals surface area contributed by atoms with Crippen molar-refractivity contribution in [3.05, 3.63) is 41.8 Å². The summed E-state index contributed by atoms with van der Waals surface area (Å²) in [6, 6.07) is 5.90. The van der Waals surface area contributed by atoms with Crippen molar-refractivity contribution >= 4 is 34.5 Å². The molecule has 0 saturated carbocycles. The first-order chi connectivity index (χ1) is 15.0. The molecule has 1 aromatic carbocycles. The van der Waals surface area contributed by atoms with E-state index in [1.54, 1.807) is 34.8 Å². The van der Waals surface area contributed by atoms with E-state index >= 15 is 0 Å². The Kier molecular flexibility index (Phi) is 8.19. The lowest BCUT2D eigenvalue weighted by Gasteiger charge is -2.11. The van der Waals surface area contributed by atoms with Crippen LogP contribution in [0.15, 0.2) is 35.6 Å². The Morgan fingerprint density at radius 1 is 1.26 bits per heavy atom. The Bertz CT molecular complexity index is 1030. The first kappa shape index (κ1) is 23.0. The monoisotopic (exact) mass is 446 g/mol. The maximum atomic E-state index is 13.8. The highest BCUT2D eigenvalue weighted by Gasteiger charge is 2.15. The Morgan fingerprint density at radius 3 is 2.81 bits per heavy atom. The number of thioether (sulfide) groups is 1. The number of hydrogen-bond acceptors (Lipinski definition) is 7. The predicted molar refractivity (Wildman–Crippen MR) is 120 cm³/mol. The molecule has 0 radical (unpaired) electrons. The van der Waals surface area contributed by atoms with Crippen molar-refractivity contribution in [3.63, 3.8) is 0 Å². The second-order valence-corrected chi connectivity index (χ2v) is 8.53. The number of carbonyl (C=O) groups excluding carboxylic acids is 1. The highest BCUT2D eigenvalue weighted by atomic mass is 32.2. The maximum Gasteiger partial charge on any atom is 0.254 e. The van der Waals surface area contributed by atoms with Crippen molar-refractivity contribution in [2.75, 3.05) is 31.6 Å². The van der Waals surface area contributed by atoms with Gasteiger partial charge in [-0.2, -0.15) is 5.10 Å². The van der Waals surface area contributed by atoms with E-state index in [0.717, 1.165) is 5.39 Å². The molecule has 0 saturated heterocycles. The molecule has 2 heterocycles. The van der Waals surface area contributed by atoms with Crippen LogP contribution in [0.25, 0.3) is 11.0 Å². The number of carbonyl (C=O) groups is 1. The van der Waals surface area contributed by atoms with Gasteiger partial charge in [0, 0.05) is 24.9 Å². The van der Waals surface area contributed by atoms with Gasteiger partial charge < -0.3 is 15.4 Å². The molecule has 3 aromatic rings. The number of benzene rings is 1. The average Bonchev–Trinajstić information content (AvgIpc) is 3.14. The number of halogens is 1. The quantitative estimate of drug-likeness (QED) is 0.265. The number of nitrogens with zero attached hydrogens (tertiary/aromatic N) is 4. The van der Waals surface area contributed by atoms with E-state index in [1.807, 2.05) is 6.92 Å². The molecule has 3 rings (SSSR count). The number of fused-ring (bicyclic) bond motifs is 1. The number of amides is 1. The molecule has 0 spiro atoms. The van der Waals surface area contributed by atoms with Gasteiger partial charge in [-0.3, -0.25) is 4.79 Å². The molecule has 0 atom stereocenters. The fourth-order valence-electron chi connectivity index (χ4n) is 2.90. The lowest BCUT2D eigenvalue weighted by molar-refractivity contribution is 0.0948. The molecule has 2 N–H and O–H groups in total. The van der Waals surface area contributed by atoms with E-state index in [4.69, 9.17) is 4.74 Å². The van der Waals surface area contributed by atoms with Crippen LogP contribution in [-0.4, -0.2) is 57.2 Å². The Labute approximate surface area is 185 Å². The van der Waals surface area contributed by atoms with Crippen LogP contribution in [0.3, 0.4) is 0 Å². The lowest BCUT2D eigenvalue weighted by atomic mass is 10.2. The third-order valence-electron chi connectivity index (χ3n) is 4.29. The van der Waals surface area contributed by atoms with E-state index in [1.165, 1.54) is 12.1 Å². The fourth-order valence-corrected chi connectivity index (χ4v) is 3.60. The van der Waals surface area contributed by atoms with Crippen LogP contribution in [0.5, 0.6) is 0 Å². The van der Waals surface area contributed by atoms with Gasteiger partial charge in [-0.05, 0) is 19.1 Å². The SMILES string of the molecule is CCOCCNc1nc(SC(C)C)nc2c1cnn2CCNC(=O)c1ccccc1F. The number of ether oxygens (including phenoxy) is 1. The summed E-state index contributed by atoms with van der Waals surface area (Å²) in [7, 11) is 0. The van der Waals surface area contributed by atoms with Crippen LogP contribution >= 0.6 is 11.8 Å². The largest absolute Gasteiger partial charge is 0.380 e. The molecule has 0 aliphatic rings. The summed E-state index contributed by atoms with van der Waals surface area (Å²) in [6.07, 6.45) is 1.71. The number of nitrogens with one attached hydrogen (secondary N) is 2. The molecule has 8 nitrogen and oxygen atoms in total. The molecule has 10 heteroatoms. The van der Waals surface area contributed by atoms with Crippen molar-refractivity contribution in [2.24, 2.45) is 0 Å². The molecule has 0 aliphatic carbocycles. The van der Waals surface area contributed by atoms with Crippen LogP contribution < -0.4 is 10.6 Å². The van der Waals surface area contributed by atoms with Crippen LogP contribution in [0.1, 0.15) is 31.1 Å². The molecule has 0 aliphatic heterocycles. The smallest absolute Gasteiger partial charge is 0.254 e. The molecule has 1 amide bonds. The van der Waals surface area contributed by atoms with Gasteiger partial charge in [0.1, 0.15) is 11.6 Å². The van der Waals surface area contributed by atoms with Crippen molar-refractivity contribution in [3.8, 4) is 0 Å². The minimum Gasteiger partial charge on any atom is -0.380 e. The Hall–Kier alpha value is -2.72. The van der Waals surface area contributed by atoms with E-state index in [9.17, 15) is 9.18 Å². The van der Waals surface area contributed by atoms with Gasteiger partial charge in [0.05, 0.1) is 30.3 Å². The lowest BCUT2D eigenvalue weighted by Crippen LogP contribution is -2.28. The van der Waals surface area contributed by atoms with Gasteiger partial charge >= 0.3 is 0 Å². The van der Waals surface area contributed by atoms with Gasteiger partial charge in [0.25, 0.3) is 5.91 Å². The van der Waals surface area contributed by atoms with Crippen LogP contribution in [0.4, 0.5) is 10.2 Å². The van der Waals surface area contributed by atoms with Crippen molar-refractivity contribution in [1.29, 1.82) is 0 Å². The average molecular weight is 447 g/mol. The van der Waals surface area contributed by atoms with E-state index < -0.39 is 11.7 Å². The molecule has 0 unspecified atom stereocenters. The Morgan fingerprint density at radius 2 is 2.06 bits per heavy atom. The summed E-state index contributed by atoms with van der Waals surface area (Å²) in [6.45, 7) is 8.64. The first-order valence-electron chi connectivity index (χ1n) is 10.2. The Balaban J connectivity index is 1.74. The minimum atomic E-state index is -0.546. The van der Waals surface area contributed by atoms with Gasteiger partial charge in [0.15, 0.2) is 10.8 Å². The summed E-state index contributed by atoms with van der Waals surface area (Å²) in [5, 5.41) is 12.2. The number of anilines is 1. The molecular formula is C21H27FN6O2S.